The minimum atomic E-state index is -4.94. The number of esters is 1. The van der Waals surface area contributed by atoms with Crippen molar-refractivity contribution in [2.24, 2.45) is 0 Å². The number of halogens is 3. The van der Waals surface area contributed by atoms with Gasteiger partial charge in [0.1, 0.15) is 0 Å². The van der Waals surface area contributed by atoms with Crippen LogP contribution in [0.4, 0.5) is 18.9 Å². The predicted octanol–water partition coefficient (Wildman–Crippen LogP) is 2.31. The Hall–Kier alpha value is -2.05. The molecule has 1 aromatic rings. The number of ether oxygens (including phenoxy) is 1. The Labute approximate surface area is 107 Å². The fraction of sp³-hybridized carbons (Fsp3) is 0.333. The smallest absolute Gasteiger partial charge is 0.465 e. The number of rotatable bonds is 2. The molecule has 19 heavy (non-hydrogen) atoms. The van der Waals surface area contributed by atoms with Crippen LogP contribution in [-0.4, -0.2) is 32.2 Å². The van der Waals surface area contributed by atoms with Gasteiger partial charge in [-0.15, -0.1) is 0 Å². The lowest BCUT2D eigenvalue weighted by molar-refractivity contribution is -0.170. The maximum absolute atomic E-state index is 12.3. The third-order valence-corrected chi connectivity index (χ3v) is 2.55. The molecule has 0 heterocycles. The van der Waals surface area contributed by atoms with Crippen LogP contribution in [0.2, 0.25) is 0 Å². The fourth-order valence-corrected chi connectivity index (χ4v) is 1.50. The Kier molecular flexibility index (Phi) is 4.18. The Balaban J connectivity index is 3.08. The molecular formula is C12H12F3NO3. The third-order valence-electron chi connectivity index (χ3n) is 2.55. The molecule has 0 aromatic heterocycles. The first-order valence-corrected chi connectivity index (χ1v) is 5.22. The second-order valence-electron chi connectivity index (χ2n) is 3.85. The molecule has 0 N–H and O–H groups in total. The van der Waals surface area contributed by atoms with Crippen LogP contribution in [0.25, 0.3) is 0 Å². The molecule has 0 atom stereocenters. The second-order valence-corrected chi connectivity index (χ2v) is 3.85. The zero-order valence-corrected chi connectivity index (χ0v) is 10.5. The molecule has 0 spiro atoms. The Bertz CT molecular complexity index is 511. The highest BCUT2D eigenvalue weighted by molar-refractivity contribution is 5.98. The first-order valence-electron chi connectivity index (χ1n) is 5.22. The summed E-state index contributed by atoms with van der Waals surface area (Å²) in [6, 6.07) is 3.88. The highest BCUT2D eigenvalue weighted by Crippen LogP contribution is 2.24. The number of hydrogen-bond donors (Lipinski definition) is 0. The van der Waals surface area contributed by atoms with E-state index in [0.29, 0.717) is 10.5 Å². The summed E-state index contributed by atoms with van der Waals surface area (Å²) in [5, 5.41) is 0. The molecule has 4 nitrogen and oxygen atoms in total. The SMILES string of the molecule is COC(=O)c1ccc(N(C)C(=O)C(F)(F)F)cc1C. The molecule has 1 amide bonds. The summed E-state index contributed by atoms with van der Waals surface area (Å²) < 4.78 is 41.4. The summed E-state index contributed by atoms with van der Waals surface area (Å²) in [7, 11) is 2.22. The van der Waals surface area contributed by atoms with E-state index in [1.54, 1.807) is 6.92 Å². The highest BCUT2D eigenvalue weighted by atomic mass is 19.4. The first kappa shape index (κ1) is 15.0. The van der Waals surface area contributed by atoms with Crippen LogP contribution in [-0.2, 0) is 9.53 Å². The highest BCUT2D eigenvalue weighted by Gasteiger charge is 2.41. The molecule has 1 rings (SSSR count). The van der Waals surface area contributed by atoms with Crippen molar-refractivity contribution in [3.05, 3.63) is 29.3 Å². The van der Waals surface area contributed by atoms with Crippen molar-refractivity contribution in [1.29, 1.82) is 0 Å². The van der Waals surface area contributed by atoms with Crippen LogP contribution in [0, 0.1) is 6.92 Å². The van der Waals surface area contributed by atoms with E-state index in [1.165, 1.54) is 25.3 Å². The standard InChI is InChI=1S/C12H12F3NO3/c1-7-6-8(4-5-9(7)10(17)19-3)16(2)11(18)12(13,14)15/h4-6H,1-3H3. The summed E-state index contributed by atoms with van der Waals surface area (Å²) in [6.07, 6.45) is -4.94. The number of alkyl halides is 3. The lowest BCUT2D eigenvalue weighted by Gasteiger charge is -2.19. The molecular weight excluding hydrogens is 263 g/mol. The lowest BCUT2D eigenvalue weighted by atomic mass is 10.1. The van der Waals surface area contributed by atoms with E-state index in [9.17, 15) is 22.8 Å². The van der Waals surface area contributed by atoms with Gasteiger partial charge in [-0.2, -0.15) is 13.2 Å². The van der Waals surface area contributed by atoms with Crippen LogP contribution in [0.1, 0.15) is 15.9 Å². The largest absolute Gasteiger partial charge is 0.471 e. The zero-order valence-electron chi connectivity index (χ0n) is 10.5. The van der Waals surface area contributed by atoms with Gasteiger partial charge in [0.05, 0.1) is 12.7 Å². The lowest BCUT2D eigenvalue weighted by Crippen LogP contribution is -2.38. The molecule has 0 unspecified atom stereocenters. The first-order chi connectivity index (χ1) is 8.68. The minimum Gasteiger partial charge on any atom is -0.465 e. The summed E-state index contributed by atoms with van der Waals surface area (Å²) in [4.78, 5) is 22.9. The van der Waals surface area contributed by atoms with E-state index < -0.39 is 18.1 Å². The number of carbonyl (C=O) groups excluding carboxylic acids is 2. The van der Waals surface area contributed by atoms with Crippen molar-refractivity contribution in [2.45, 2.75) is 13.1 Å². The van der Waals surface area contributed by atoms with Gasteiger partial charge in [0, 0.05) is 12.7 Å². The van der Waals surface area contributed by atoms with E-state index in [0.717, 1.165) is 7.05 Å². The second kappa shape index (κ2) is 5.29. The van der Waals surface area contributed by atoms with Gasteiger partial charge >= 0.3 is 18.1 Å². The molecule has 0 aliphatic heterocycles. The van der Waals surface area contributed by atoms with Gasteiger partial charge in [-0.05, 0) is 30.7 Å². The van der Waals surface area contributed by atoms with Gasteiger partial charge in [-0.3, -0.25) is 4.79 Å². The van der Waals surface area contributed by atoms with Crippen molar-refractivity contribution in [3.8, 4) is 0 Å². The maximum atomic E-state index is 12.3. The van der Waals surface area contributed by atoms with Gasteiger partial charge in [0.25, 0.3) is 0 Å². The van der Waals surface area contributed by atoms with Crippen LogP contribution in [0.5, 0.6) is 0 Å². The van der Waals surface area contributed by atoms with E-state index in [1.807, 2.05) is 0 Å². The topological polar surface area (TPSA) is 46.6 Å². The van der Waals surface area contributed by atoms with Crippen LogP contribution >= 0.6 is 0 Å². The molecule has 0 aliphatic rings. The van der Waals surface area contributed by atoms with Crippen molar-refractivity contribution in [3.63, 3.8) is 0 Å². The van der Waals surface area contributed by atoms with E-state index in [-0.39, 0.29) is 11.3 Å². The Morgan fingerprint density at radius 1 is 1.26 bits per heavy atom. The van der Waals surface area contributed by atoms with Crippen LogP contribution < -0.4 is 4.90 Å². The minimum absolute atomic E-state index is 0.0486. The van der Waals surface area contributed by atoms with Gasteiger partial charge in [-0.1, -0.05) is 0 Å². The summed E-state index contributed by atoms with van der Waals surface area (Å²) in [6.45, 7) is 1.54. The number of carbonyl (C=O) groups is 2. The van der Waals surface area contributed by atoms with Gasteiger partial charge < -0.3 is 9.64 Å². The Morgan fingerprint density at radius 3 is 2.26 bits per heavy atom. The van der Waals surface area contributed by atoms with E-state index >= 15 is 0 Å². The normalized spacial score (nSPS) is 11.1. The fourth-order valence-electron chi connectivity index (χ4n) is 1.50. The maximum Gasteiger partial charge on any atom is 0.471 e. The Morgan fingerprint density at radius 2 is 1.84 bits per heavy atom. The predicted molar refractivity (Wildman–Crippen MR) is 62.0 cm³/mol. The van der Waals surface area contributed by atoms with E-state index in [2.05, 4.69) is 4.74 Å². The van der Waals surface area contributed by atoms with E-state index in [4.69, 9.17) is 0 Å². The molecule has 1 aromatic carbocycles. The summed E-state index contributed by atoms with van der Waals surface area (Å²) >= 11 is 0. The molecule has 0 fully saturated rings. The van der Waals surface area contributed by atoms with Crippen molar-refractivity contribution in [1.82, 2.24) is 0 Å². The number of methoxy groups -OCH3 is 1. The van der Waals surface area contributed by atoms with Crippen molar-refractivity contribution in [2.75, 3.05) is 19.1 Å². The van der Waals surface area contributed by atoms with Crippen molar-refractivity contribution >= 4 is 17.6 Å². The number of benzene rings is 1. The molecule has 0 aliphatic carbocycles. The molecule has 0 saturated heterocycles. The number of anilines is 1. The van der Waals surface area contributed by atoms with Crippen LogP contribution in [0.15, 0.2) is 18.2 Å². The van der Waals surface area contributed by atoms with Gasteiger partial charge in [0.2, 0.25) is 0 Å². The third kappa shape index (κ3) is 3.24. The molecule has 0 radical (unpaired) electrons. The summed E-state index contributed by atoms with van der Waals surface area (Å²) in [5.41, 5.74) is 0.706. The average molecular weight is 275 g/mol. The van der Waals surface area contributed by atoms with Gasteiger partial charge in [0.15, 0.2) is 0 Å². The monoisotopic (exact) mass is 275 g/mol. The zero-order chi connectivity index (χ0) is 14.8. The summed E-state index contributed by atoms with van der Waals surface area (Å²) in [5.74, 6) is -2.56. The number of nitrogens with zero attached hydrogens (tertiary/aromatic N) is 1. The molecule has 7 heteroatoms. The number of hydrogen-bond acceptors (Lipinski definition) is 3. The quantitative estimate of drug-likeness (QED) is 0.778. The molecule has 0 bridgehead atoms. The molecule has 0 saturated carbocycles. The van der Waals surface area contributed by atoms with Crippen molar-refractivity contribution < 1.29 is 27.5 Å². The number of aryl methyl sites for hydroxylation is 1. The number of amides is 1. The average Bonchev–Trinajstić information content (AvgIpc) is 2.34. The van der Waals surface area contributed by atoms with Gasteiger partial charge in [-0.25, -0.2) is 4.79 Å². The van der Waals surface area contributed by atoms with Crippen LogP contribution in [0.3, 0.4) is 0 Å². The molecule has 104 valence electrons.